The average molecular weight is 304 g/mol. The molecule has 114 valence electrons. The summed E-state index contributed by atoms with van der Waals surface area (Å²) >= 11 is 0. The minimum atomic E-state index is -2.91. The lowest BCUT2D eigenvalue weighted by Gasteiger charge is -2.33. The minimum absolute atomic E-state index is 0.147. The summed E-state index contributed by atoms with van der Waals surface area (Å²) in [7, 11) is -2.91. The summed E-state index contributed by atoms with van der Waals surface area (Å²) in [6, 6.07) is 8.71. The lowest BCUT2D eigenvalue weighted by atomic mass is 9.92. The van der Waals surface area contributed by atoms with Crippen molar-refractivity contribution in [2.75, 3.05) is 0 Å². The Balaban J connectivity index is 1.86. The number of fused-ring (bicyclic) bond motifs is 2. The predicted octanol–water partition coefficient (Wildman–Crippen LogP) is 4.01. The van der Waals surface area contributed by atoms with Crippen LogP contribution in [0.2, 0.25) is 0 Å². The molecule has 3 rings (SSSR count). The van der Waals surface area contributed by atoms with E-state index in [0.717, 1.165) is 25.7 Å². The summed E-state index contributed by atoms with van der Waals surface area (Å²) in [6.07, 6.45) is 6.49. The molecule has 1 saturated heterocycles. The lowest BCUT2D eigenvalue weighted by Crippen LogP contribution is -2.38. The molecule has 0 aliphatic carbocycles. The Hall–Kier alpha value is -1.09. The first kappa shape index (κ1) is 14.8. The van der Waals surface area contributed by atoms with E-state index < -0.39 is 9.84 Å². The number of sulfone groups is 1. The summed E-state index contributed by atoms with van der Waals surface area (Å²) in [4.78, 5) is 0. The van der Waals surface area contributed by atoms with Gasteiger partial charge in [-0.2, -0.15) is 0 Å². The van der Waals surface area contributed by atoms with Crippen molar-refractivity contribution >= 4 is 15.4 Å². The van der Waals surface area contributed by atoms with Crippen molar-refractivity contribution in [3.8, 4) is 0 Å². The molecule has 2 bridgehead atoms. The first-order chi connectivity index (χ1) is 9.96. The maximum Gasteiger partial charge on any atom is 0.159 e. The highest BCUT2D eigenvalue weighted by Crippen LogP contribution is 2.39. The molecule has 0 N–H and O–H groups in total. The van der Waals surface area contributed by atoms with Crippen LogP contribution in [-0.2, 0) is 16.3 Å². The van der Waals surface area contributed by atoms with Gasteiger partial charge in [0.25, 0.3) is 0 Å². The minimum Gasteiger partial charge on any atom is -0.228 e. The number of benzene rings is 1. The van der Waals surface area contributed by atoms with Gasteiger partial charge in [0, 0.05) is 0 Å². The zero-order valence-electron chi connectivity index (χ0n) is 12.9. The molecular formula is C18H24O2S. The highest BCUT2D eigenvalue weighted by Gasteiger charge is 2.40. The van der Waals surface area contributed by atoms with Crippen LogP contribution in [-0.4, -0.2) is 18.9 Å². The van der Waals surface area contributed by atoms with Crippen LogP contribution < -0.4 is 0 Å². The second kappa shape index (κ2) is 5.60. The Morgan fingerprint density at radius 2 is 1.86 bits per heavy atom. The van der Waals surface area contributed by atoms with E-state index in [1.54, 1.807) is 0 Å². The maximum atomic E-state index is 12.3. The van der Waals surface area contributed by atoms with Crippen LogP contribution in [0, 0.1) is 5.92 Å². The van der Waals surface area contributed by atoms with Gasteiger partial charge in [-0.25, -0.2) is 8.42 Å². The molecule has 0 radical (unpaired) electrons. The van der Waals surface area contributed by atoms with Crippen LogP contribution in [0.15, 0.2) is 30.3 Å². The third-order valence-corrected chi connectivity index (χ3v) is 7.25. The van der Waals surface area contributed by atoms with E-state index in [1.807, 2.05) is 6.08 Å². The van der Waals surface area contributed by atoms with Crippen LogP contribution in [0.3, 0.4) is 0 Å². The SMILES string of the molecule is CC(C)Cc1ccc(C2=CC3CCCC(C2)S3(=O)=O)cc1. The van der Waals surface area contributed by atoms with E-state index in [-0.39, 0.29) is 10.5 Å². The van der Waals surface area contributed by atoms with E-state index in [9.17, 15) is 8.42 Å². The second-order valence-corrected chi connectivity index (χ2v) is 9.32. The van der Waals surface area contributed by atoms with Crippen molar-refractivity contribution in [2.24, 2.45) is 5.92 Å². The summed E-state index contributed by atoms with van der Waals surface area (Å²) in [6.45, 7) is 4.45. The van der Waals surface area contributed by atoms with Crippen molar-refractivity contribution in [3.05, 3.63) is 41.5 Å². The third-order valence-electron chi connectivity index (χ3n) is 4.70. The summed E-state index contributed by atoms with van der Waals surface area (Å²) in [5.74, 6) is 0.661. The molecule has 2 heterocycles. The second-order valence-electron chi connectivity index (χ2n) is 6.87. The Labute approximate surface area is 128 Å². The molecule has 2 unspecified atom stereocenters. The van der Waals surface area contributed by atoms with E-state index in [2.05, 4.69) is 38.1 Å². The normalized spacial score (nSPS) is 27.5. The topological polar surface area (TPSA) is 34.1 Å². The monoisotopic (exact) mass is 304 g/mol. The van der Waals surface area contributed by atoms with Gasteiger partial charge in [0.1, 0.15) is 0 Å². The molecule has 2 aliphatic rings. The Kier molecular flexibility index (Phi) is 3.96. The smallest absolute Gasteiger partial charge is 0.159 e. The molecule has 0 amide bonds. The highest BCUT2D eigenvalue weighted by molar-refractivity contribution is 7.93. The number of hydrogen-bond acceptors (Lipinski definition) is 2. The van der Waals surface area contributed by atoms with Crippen LogP contribution in [0.1, 0.15) is 50.7 Å². The molecule has 1 aromatic carbocycles. The molecule has 0 aromatic heterocycles. The number of allylic oxidation sites excluding steroid dienone is 1. The fraction of sp³-hybridized carbons (Fsp3) is 0.556. The van der Waals surface area contributed by atoms with Crippen molar-refractivity contribution in [1.82, 2.24) is 0 Å². The fourth-order valence-electron chi connectivity index (χ4n) is 3.60. The molecule has 21 heavy (non-hydrogen) atoms. The van der Waals surface area contributed by atoms with Gasteiger partial charge in [-0.1, -0.05) is 50.6 Å². The molecule has 0 spiro atoms. The first-order valence-electron chi connectivity index (χ1n) is 7.99. The molecule has 1 aromatic rings. The average Bonchev–Trinajstić information content (AvgIpc) is 2.38. The van der Waals surface area contributed by atoms with Gasteiger partial charge in [-0.05, 0) is 48.3 Å². The molecule has 2 aliphatic heterocycles. The Bertz CT molecular complexity index is 638. The van der Waals surface area contributed by atoms with Crippen molar-refractivity contribution in [3.63, 3.8) is 0 Å². The van der Waals surface area contributed by atoms with Gasteiger partial charge in [-0.3, -0.25) is 0 Å². The van der Waals surface area contributed by atoms with Crippen LogP contribution in [0.4, 0.5) is 0 Å². The zero-order chi connectivity index (χ0) is 15.0. The number of rotatable bonds is 3. The fourth-order valence-corrected chi connectivity index (χ4v) is 5.85. The van der Waals surface area contributed by atoms with Gasteiger partial charge in [0.05, 0.1) is 10.5 Å². The van der Waals surface area contributed by atoms with Crippen LogP contribution in [0.25, 0.3) is 5.57 Å². The number of hydrogen-bond donors (Lipinski definition) is 0. The summed E-state index contributed by atoms with van der Waals surface area (Å²) < 4.78 is 24.6. The summed E-state index contributed by atoms with van der Waals surface area (Å²) in [5.41, 5.74) is 3.79. The molecular weight excluding hydrogens is 280 g/mol. The van der Waals surface area contributed by atoms with Crippen molar-refractivity contribution in [2.45, 2.75) is 56.5 Å². The van der Waals surface area contributed by atoms with E-state index in [0.29, 0.717) is 12.3 Å². The van der Waals surface area contributed by atoms with Gasteiger partial charge in [0.2, 0.25) is 0 Å². The predicted molar refractivity (Wildman–Crippen MR) is 87.9 cm³/mol. The van der Waals surface area contributed by atoms with Gasteiger partial charge < -0.3 is 0 Å². The van der Waals surface area contributed by atoms with Gasteiger partial charge >= 0.3 is 0 Å². The largest absolute Gasteiger partial charge is 0.228 e. The van der Waals surface area contributed by atoms with Crippen LogP contribution in [0.5, 0.6) is 0 Å². The van der Waals surface area contributed by atoms with E-state index in [4.69, 9.17) is 0 Å². The van der Waals surface area contributed by atoms with Crippen molar-refractivity contribution in [1.29, 1.82) is 0 Å². The van der Waals surface area contributed by atoms with Crippen molar-refractivity contribution < 1.29 is 8.42 Å². The van der Waals surface area contributed by atoms with Gasteiger partial charge in [0.15, 0.2) is 9.84 Å². The first-order valence-corrected chi connectivity index (χ1v) is 9.60. The van der Waals surface area contributed by atoms with E-state index >= 15 is 0 Å². The van der Waals surface area contributed by atoms with Gasteiger partial charge in [-0.15, -0.1) is 0 Å². The maximum absolute atomic E-state index is 12.3. The summed E-state index contributed by atoms with van der Waals surface area (Å²) in [5, 5.41) is -0.387. The van der Waals surface area contributed by atoms with Crippen LogP contribution >= 0.6 is 0 Å². The lowest BCUT2D eigenvalue weighted by molar-refractivity contribution is 0.518. The Morgan fingerprint density at radius 3 is 2.48 bits per heavy atom. The molecule has 2 nitrogen and oxygen atoms in total. The third kappa shape index (κ3) is 2.94. The molecule has 1 fully saturated rings. The molecule has 3 heteroatoms. The van der Waals surface area contributed by atoms with E-state index in [1.165, 1.54) is 16.7 Å². The highest BCUT2D eigenvalue weighted by atomic mass is 32.2. The molecule has 0 saturated carbocycles. The molecule has 2 atom stereocenters. The Morgan fingerprint density at radius 1 is 1.14 bits per heavy atom. The standard InChI is InChI=1S/C18H24O2S/c1-13(2)10-14-6-8-15(9-7-14)16-11-17-4-3-5-18(12-16)21(17,19)20/h6-9,11,13,17-18H,3-5,10,12H2,1-2H3. The quantitative estimate of drug-likeness (QED) is 0.845. The zero-order valence-corrected chi connectivity index (χ0v) is 13.7.